The highest BCUT2D eigenvalue weighted by molar-refractivity contribution is 9.11. The van der Waals surface area contributed by atoms with Crippen molar-refractivity contribution in [2.45, 2.75) is 0 Å². The molecule has 0 aliphatic carbocycles. The van der Waals surface area contributed by atoms with E-state index in [4.69, 9.17) is 4.84 Å². The second kappa shape index (κ2) is 4.91. The number of hydrogen-bond acceptors (Lipinski definition) is 2. The van der Waals surface area contributed by atoms with Crippen LogP contribution in [0.1, 0.15) is 10.4 Å². The Bertz CT molecular complexity index is 355. The number of halogens is 2. The van der Waals surface area contributed by atoms with Gasteiger partial charge in [-0.15, -0.1) is 0 Å². The van der Waals surface area contributed by atoms with Crippen LogP contribution < -0.4 is 0 Å². The Morgan fingerprint density at radius 3 is 2.57 bits per heavy atom. The van der Waals surface area contributed by atoms with Gasteiger partial charge in [0.2, 0.25) is 0 Å². The lowest BCUT2D eigenvalue weighted by atomic mass is 10.2. The fourth-order valence-corrected chi connectivity index (χ4v) is 2.13. The molecule has 0 fully saturated rings. The first-order chi connectivity index (χ1) is 6.56. The standard InChI is InChI=1S/C9H9Br2NO2/c1-12(14-2)9(13)7-4-3-6(10)5-8(7)11/h3-5H,1-2H3. The molecule has 0 unspecified atom stereocenters. The van der Waals surface area contributed by atoms with Crippen LogP contribution in [0.3, 0.4) is 0 Å². The third kappa shape index (κ3) is 2.56. The number of nitrogens with zero attached hydrogens (tertiary/aromatic N) is 1. The van der Waals surface area contributed by atoms with Gasteiger partial charge in [0.05, 0.1) is 12.7 Å². The van der Waals surface area contributed by atoms with Crippen LogP contribution in [0.5, 0.6) is 0 Å². The molecule has 3 nitrogen and oxygen atoms in total. The van der Waals surface area contributed by atoms with Crippen molar-refractivity contribution in [3.05, 3.63) is 32.7 Å². The molecule has 0 saturated heterocycles. The fraction of sp³-hybridized carbons (Fsp3) is 0.222. The molecule has 0 heterocycles. The Balaban J connectivity index is 3.02. The molecule has 0 aliphatic rings. The van der Waals surface area contributed by atoms with Crippen molar-refractivity contribution in [2.24, 2.45) is 0 Å². The summed E-state index contributed by atoms with van der Waals surface area (Å²) >= 11 is 6.63. The summed E-state index contributed by atoms with van der Waals surface area (Å²) < 4.78 is 1.65. The summed E-state index contributed by atoms with van der Waals surface area (Å²) in [5, 5.41) is 1.17. The molecular weight excluding hydrogens is 314 g/mol. The number of amides is 1. The summed E-state index contributed by atoms with van der Waals surface area (Å²) in [6, 6.07) is 5.35. The molecule has 1 amide bonds. The topological polar surface area (TPSA) is 29.5 Å². The maximum Gasteiger partial charge on any atom is 0.278 e. The average Bonchev–Trinajstić information content (AvgIpc) is 2.15. The normalized spacial score (nSPS) is 10.0. The monoisotopic (exact) mass is 321 g/mol. The van der Waals surface area contributed by atoms with Crippen LogP contribution in [0, 0.1) is 0 Å². The van der Waals surface area contributed by atoms with Gasteiger partial charge in [0.15, 0.2) is 0 Å². The highest BCUT2D eigenvalue weighted by Crippen LogP contribution is 2.22. The number of hydrogen-bond donors (Lipinski definition) is 0. The molecule has 0 aliphatic heterocycles. The van der Waals surface area contributed by atoms with E-state index < -0.39 is 0 Å². The van der Waals surface area contributed by atoms with Crippen LogP contribution in [-0.2, 0) is 4.84 Å². The molecule has 76 valence electrons. The summed E-state index contributed by atoms with van der Waals surface area (Å²) in [7, 11) is 3.02. The zero-order valence-electron chi connectivity index (χ0n) is 7.75. The zero-order chi connectivity index (χ0) is 10.7. The van der Waals surface area contributed by atoms with Gasteiger partial charge in [0.25, 0.3) is 5.91 Å². The predicted octanol–water partition coefficient (Wildman–Crippen LogP) is 2.85. The van der Waals surface area contributed by atoms with E-state index in [-0.39, 0.29) is 5.91 Å². The van der Waals surface area contributed by atoms with Crippen molar-refractivity contribution in [2.75, 3.05) is 14.2 Å². The van der Waals surface area contributed by atoms with Gasteiger partial charge < -0.3 is 0 Å². The lowest BCUT2D eigenvalue weighted by molar-refractivity contribution is -0.0757. The molecule has 1 rings (SSSR count). The van der Waals surface area contributed by atoms with Gasteiger partial charge in [-0.2, -0.15) is 0 Å². The maximum atomic E-state index is 11.7. The summed E-state index contributed by atoms with van der Waals surface area (Å²) in [4.78, 5) is 16.5. The first-order valence-electron chi connectivity index (χ1n) is 3.83. The van der Waals surface area contributed by atoms with Gasteiger partial charge in [0.1, 0.15) is 0 Å². The van der Waals surface area contributed by atoms with Crippen LogP contribution in [0.25, 0.3) is 0 Å². The van der Waals surface area contributed by atoms with Crippen LogP contribution in [-0.4, -0.2) is 25.1 Å². The highest BCUT2D eigenvalue weighted by Gasteiger charge is 2.14. The lowest BCUT2D eigenvalue weighted by Gasteiger charge is -2.14. The minimum absolute atomic E-state index is 0.188. The second-order valence-corrected chi connectivity index (χ2v) is 4.38. The van der Waals surface area contributed by atoms with Crippen molar-refractivity contribution in [1.82, 2.24) is 5.06 Å². The molecule has 0 radical (unpaired) electrons. The number of carbonyl (C=O) groups is 1. The van der Waals surface area contributed by atoms with Crippen molar-refractivity contribution in [1.29, 1.82) is 0 Å². The SMILES string of the molecule is CON(C)C(=O)c1ccc(Br)cc1Br. The Labute approximate surface area is 99.3 Å². The lowest BCUT2D eigenvalue weighted by Crippen LogP contribution is -2.25. The Morgan fingerprint density at radius 1 is 1.43 bits per heavy atom. The van der Waals surface area contributed by atoms with Gasteiger partial charge in [-0.3, -0.25) is 9.63 Å². The molecule has 0 N–H and O–H groups in total. The first kappa shape index (κ1) is 11.7. The summed E-state index contributed by atoms with van der Waals surface area (Å²) in [6.45, 7) is 0. The van der Waals surface area contributed by atoms with Crippen LogP contribution >= 0.6 is 31.9 Å². The molecule has 0 bridgehead atoms. The molecule has 0 spiro atoms. The van der Waals surface area contributed by atoms with Crippen molar-refractivity contribution in [3.63, 3.8) is 0 Å². The molecule has 0 saturated carbocycles. The van der Waals surface area contributed by atoms with E-state index in [0.717, 1.165) is 8.95 Å². The van der Waals surface area contributed by atoms with Gasteiger partial charge in [-0.25, -0.2) is 5.06 Å². The van der Waals surface area contributed by atoms with Crippen LogP contribution in [0.15, 0.2) is 27.1 Å². The van der Waals surface area contributed by atoms with Crippen molar-refractivity contribution < 1.29 is 9.63 Å². The van der Waals surface area contributed by atoms with Gasteiger partial charge in [-0.1, -0.05) is 15.9 Å². The van der Waals surface area contributed by atoms with Crippen molar-refractivity contribution in [3.8, 4) is 0 Å². The number of carbonyl (C=O) groups excluding carboxylic acids is 1. The fourth-order valence-electron chi connectivity index (χ4n) is 0.915. The Hall–Kier alpha value is -0.390. The first-order valence-corrected chi connectivity index (χ1v) is 5.42. The Kier molecular flexibility index (Phi) is 4.10. The summed E-state index contributed by atoms with van der Waals surface area (Å²) in [5.41, 5.74) is 0.567. The van der Waals surface area contributed by atoms with Gasteiger partial charge >= 0.3 is 0 Å². The van der Waals surface area contributed by atoms with Crippen LogP contribution in [0.2, 0.25) is 0 Å². The number of benzene rings is 1. The molecular formula is C9H9Br2NO2. The number of rotatable bonds is 2. The third-order valence-electron chi connectivity index (χ3n) is 1.72. The molecule has 0 aromatic heterocycles. The zero-order valence-corrected chi connectivity index (χ0v) is 10.9. The molecule has 0 atom stereocenters. The quantitative estimate of drug-likeness (QED) is 0.784. The maximum absolute atomic E-state index is 11.7. The van der Waals surface area contributed by atoms with E-state index in [1.165, 1.54) is 12.2 Å². The van der Waals surface area contributed by atoms with Gasteiger partial charge in [0, 0.05) is 16.0 Å². The van der Waals surface area contributed by atoms with E-state index in [2.05, 4.69) is 31.9 Å². The molecule has 1 aromatic rings. The summed E-state index contributed by atoms with van der Waals surface area (Å²) in [5.74, 6) is -0.188. The van der Waals surface area contributed by atoms with E-state index in [1.54, 1.807) is 13.1 Å². The van der Waals surface area contributed by atoms with E-state index in [9.17, 15) is 4.79 Å². The largest absolute Gasteiger partial charge is 0.278 e. The molecule has 1 aromatic carbocycles. The molecule has 5 heteroatoms. The summed E-state index contributed by atoms with van der Waals surface area (Å²) in [6.07, 6.45) is 0. The minimum atomic E-state index is -0.188. The third-order valence-corrected chi connectivity index (χ3v) is 2.87. The van der Waals surface area contributed by atoms with Gasteiger partial charge in [-0.05, 0) is 34.1 Å². The minimum Gasteiger partial charge on any atom is -0.274 e. The highest BCUT2D eigenvalue weighted by atomic mass is 79.9. The van der Waals surface area contributed by atoms with Crippen molar-refractivity contribution >= 4 is 37.8 Å². The molecule has 14 heavy (non-hydrogen) atoms. The van der Waals surface area contributed by atoms with E-state index in [1.807, 2.05) is 12.1 Å². The Morgan fingerprint density at radius 2 is 2.07 bits per heavy atom. The smallest absolute Gasteiger partial charge is 0.274 e. The predicted molar refractivity (Wildman–Crippen MR) is 60.9 cm³/mol. The average molecular weight is 323 g/mol. The van der Waals surface area contributed by atoms with E-state index in [0.29, 0.717) is 5.56 Å². The number of hydroxylamine groups is 2. The van der Waals surface area contributed by atoms with Crippen LogP contribution in [0.4, 0.5) is 0 Å². The second-order valence-electron chi connectivity index (χ2n) is 2.61. The van der Waals surface area contributed by atoms with E-state index >= 15 is 0 Å².